The molecule has 2 atom stereocenters. The zero-order valence-electron chi connectivity index (χ0n) is 16.5. The predicted octanol–water partition coefficient (Wildman–Crippen LogP) is 3.16. The van der Waals surface area contributed by atoms with Crippen LogP contribution in [0.3, 0.4) is 0 Å². The number of alkyl halides is 1. The molecule has 1 fully saturated rings. The average Bonchev–Trinajstić information content (AvgIpc) is 2.68. The van der Waals surface area contributed by atoms with Gasteiger partial charge in [0.15, 0.2) is 6.17 Å². The maximum atomic E-state index is 13.8. The summed E-state index contributed by atoms with van der Waals surface area (Å²) in [6.07, 6.45) is 2.30. The highest BCUT2D eigenvalue weighted by Gasteiger charge is 2.26. The van der Waals surface area contributed by atoms with Gasteiger partial charge >= 0.3 is 6.09 Å². The molecule has 9 heteroatoms. The number of allylic oxidation sites excluding steroid dienone is 3. The Morgan fingerprint density at radius 1 is 1.48 bits per heavy atom. The van der Waals surface area contributed by atoms with Gasteiger partial charge in [-0.3, -0.25) is 0 Å². The normalized spacial score (nSPS) is 23.2. The largest absolute Gasteiger partial charge is 0.447 e. The van der Waals surface area contributed by atoms with Crippen LogP contribution in [0.25, 0.3) is 0 Å². The molecule has 29 heavy (non-hydrogen) atoms. The molecule has 1 heterocycles. The molecule has 2 unspecified atom stereocenters. The standard InChI is InChI=1S/C20H26F2N4O3/c1-13(2)29-20(27)26-7-5-16(6-8-26)25-18(11-24)14(10-23)12-28-19-4-3-15(21)9-17(19)22/h3-4,9-10,13,16-17,19,23,25H,5-8,12H2,1-2H3/b18-14+,23-10?. The monoisotopic (exact) mass is 408 g/mol. The molecule has 0 aromatic rings. The summed E-state index contributed by atoms with van der Waals surface area (Å²) in [6, 6.07) is 1.96. The third-order valence-electron chi connectivity index (χ3n) is 4.55. The highest BCUT2D eigenvalue weighted by molar-refractivity contribution is 5.78. The van der Waals surface area contributed by atoms with Gasteiger partial charge in [0.05, 0.1) is 12.7 Å². The first-order chi connectivity index (χ1) is 13.8. The minimum Gasteiger partial charge on any atom is -0.447 e. The number of carbonyl (C=O) groups is 1. The summed E-state index contributed by atoms with van der Waals surface area (Å²) in [7, 11) is 0. The third-order valence-corrected chi connectivity index (χ3v) is 4.55. The quantitative estimate of drug-likeness (QED) is 0.498. The maximum absolute atomic E-state index is 13.8. The van der Waals surface area contributed by atoms with Crippen LogP contribution in [-0.2, 0) is 9.47 Å². The molecular weight excluding hydrogens is 382 g/mol. The molecule has 1 aliphatic heterocycles. The Labute approximate surface area is 169 Å². The number of likely N-dealkylation sites (tertiary alicyclic amines) is 1. The first-order valence-corrected chi connectivity index (χ1v) is 9.51. The van der Waals surface area contributed by atoms with E-state index in [1.54, 1.807) is 18.7 Å². The molecule has 0 bridgehead atoms. The van der Waals surface area contributed by atoms with Crippen molar-refractivity contribution in [1.82, 2.24) is 10.2 Å². The van der Waals surface area contributed by atoms with E-state index in [9.17, 15) is 18.8 Å². The molecule has 7 nitrogen and oxygen atoms in total. The van der Waals surface area contributed by atoms with Gasteiger partial charge in [-0.25, -0.2) is 13.6 Å². The van der Waals surface area contributed by atoms with Crippen molar-refractivity contribution < 1.29 is 23.0 Å². The fourth-order valence-corrected chi connectivity index (χ4v) is 3.00. The van der Waals surface area contributed by atoms with Crippen LogP contribution in [0, 0.1) is 16.7 Å². The fourth-order valence-electron chi connectivity index (χ4n) is 3.00. The first-order valence-electron chi connectivity index (χ1n) is 9.51. The number of carbonyl (C=O) groups excluding carboxylic acids is 1. The lowest BCUT2D eigenvalue weighted by atomic mass is 10.0. The Kier molecular flexibility index (Phi) is 8.34. The topological polar surface area (TPSA) is 98.4 Å². The van der Waals surface area contributed by atoms with E-state index in [1.807, 2.05) is 6.07 Å². The van der Waals surface area contributed by atoms with Crippen molar-refractivity contribution in [2.75, 3.05) is 19.7 Å². The summed E-state index contributed by atoms with van der Waals surface area (Å²) >= 11 is 0. The van der Waals surface area contributed by atoms with Crippen LogP contribution in [0.4, 0.5) is 13.6 Å². The zero-order valence-corrected chi connectivity index (χ0v) is 16.5. The van der Waals surface area contributed by atoms with Crippen LogP contribution in [0.2, 0.25) is 0 Å². The van der Waals surface area contributed by atoms with Crippen LogP contribution >= 0.6 is 0 Å². The molecule has 2 N–H and O–H groups in total. The van der Waals surface area contributed by atoms with Gasteiger partial charge in [-0.15, -0.1) is 0 Å². The lowest BCUT2D eigenvalue weighted by Crippen LogP contribution is -2.45. The van der Waals surface area contributed by atoms with E-state index in [0.717, 1.165) is 18.4 Å². The van der Waals surface area contributed by atoms with E-state index in [-0.39, 0.29) is 36.1 Å². The van der Waals surface area contributed by atoms with Crippen LogP contribution < -0.4 is 5.32 Å². The van der Waals surface area contributed by atoms with E-state index >= 15 is 0 Å². The predicted molar refractivity (Wildman–Crippen MR) is 104 cm³/mol. The van der Waals surface area contributed by atoms with E-state index in [1.165, 1.54) is 6.08 Å². The number of nitriles is 1. The first kappa shape index (κ1) is 22.6. The molecule has 0 spiro atoms. The molecule has 0 saturated carbocycles. The number of nitrogens with one attached hydrogen (secondary N) is 2. The Bertz CT molecular complexity index is 734. The Morgan fingerprint density at radius 3 is 2.72 bits per heavy atom. The Hall–Kier alpha value is -2.73. The van der Waals surface area contributed by atoms with Gasteiger partial charge in [-0.2, -0.15) is 5.26 Å². The van der Waals surface area contributed by atoms with Gasteiger partial charge < -0.3 is 25.1 Å². The lowest BCUT2D eigenvalue weighted by Gasteiger charge is -2.32. The second-order valence-electron chi connectivity index (χ2n) is 7.13. The van der Waals surface area contributed by atoms with Crippen molar-refractivity contribution in [3.05, 3.63) is 35.3 Å². The highest BCUT2D eigenvalue weighted by Crippen LogP contribution is 2.19. The summed E-state index contributed by atoms with van der Waals surface area (Å²) < 4.78 is 37.4. The Morgan fingerprint density at radius 2 is 2.17 bits per heavy atom. The number of amides is 1. The van der Waals surface area contributed by atoms with Crippen LogP contribution in [-0.4, -0.2) is 61.3 Å². The van der Waals surface area contributed by atoms with Crippen molar-refractivity contribution in [2.45, 2.75) is 51.1 Å². The lowest BCUT2D eigenvalue weighted by molar-refractivity contribution is 0.0580. The van der Waals surface area contributed by atoms with E-state index < -0.39 is 18.1 Å². The summed E-state index contributed by atoms with van der Waals surface area (Å²) in [5, 5.41) is 20.1. The highest BCUT2D eigenvalue weighted by atomic mass is 19.1. The summed E-state index contributed by atoms with van der Waals surface area (Å²) in [6.45, 7) is 4.40. The van der Waals surface area contributed by atoms with E-state index in [0.29, 0.717) is 25.9 Å². The second kappa shape index (κ2) is 10.7. The number of halogens is 2. The van der Waals surface area contributed by atoms with Gasteiger partial charge in [0.2, 0.25) is 0 Å². The van der Waals surface area contributed by atoms with Crippen molar-refractivity contribution in [3.63, 3.8) is 0 Å². The maximum Gasteiger partial charge on any atom is 0.410 e. The van der Waals surface area contributed by atoms with Crippen molar-refractivity contribution >= 4 is 12.3 Å². The number of piperidine rings is 1. The minimum atomic E-state index is -1.62. The number of rotatable bonds is 7. The summed E-state index contributed by atoms with van der Waals surface area (Å²) in [4.78, 5) is 13.6. The molecule has 0 aromatic carbocycles. The number of ether oxygens (including phenoxy) is 2. The molecule has 1 aliphatic carbocycles. The average molecular weight is 408 g/mol. The van der Waals surface area contributed by atoms with Crippen LogP contribution in [0.5, 0.6) is 0 Å². The molecule has 2 rings (SSSR count). The van der Waals surface area contributed by atoms with Gasteiger partial charge in [-0.1, -0.05) is 0 Å². The molecule has 0 aromatic heterocycles. The zero-order chi connectivity index (χ0) is 21.4. The summed E-state index contributed by atoms with van der Waals surface area (Å²) in [5.74, 6) is -0.664. The molecule has 158 valence electrons. The third kappa shape index (κ3) is 6.68. The van der Waals surface area contributed by atoms with E-state index in [2.05, 4.69) is 5.32 Å². The molecule has 1 amide bonds. The minimum absolute atomic E-state index is 0.0526. The second-order valence-corrected chi connectivity index (χ2v) is 7.13. The smallest absolute Gasteiger partial charge is 0.410 e. The van der Waals surface area contributed by atoms with Gasteiger partial charge in [0, 0.05) is 30.9 Å². The van der Waals surface area contributed by atoms with Crippen molar-refractivity contribution in [1.29, 1.82) is 10.7 Å². The SMILES string of the molecule is CC(C)OC(=O)N1CCC(N/C(C#N)=C(\C=N)COC2C=CC(F)=CC2F)CC1. The van der Waals surface area contributed by atoms with Crippen LogP contribution in [0.15, 0.2) is 35.3 Å². The fraction of sp³-hybridized carbons (Fsp3) is 0.550. The molecule has 0 radical (unpaired) electrons. The number of hydrogen-bond acceptors (Lipinski definition) is 6. The number of nitrogens with zero attached hydrogens (tertiary/aromatic N) is 2. The Balaban J connectivity index is 1.91. The molecule has 2 aliphatic rings. The van der Waals surface area contributed by atoms with Crippen molar-refractivity contribution in [3.8, 4) is 6.07 Å². The molecular formula is C20H26F2N4O3. The van der Waals surface area contributed by atoms with Gasteiger partial charge in [0.1, 0.15) is 23.7 Å². The molecule has 1 saturated heterocycles. The summed E-state index contributed by atoms with van der Waals surface area (Å²) in [5.41, 5.74) is 0.435. The number of hydrogen-bond donors (Lipinski definition) is 2. The van der Waals surface area contributed by atoms with Gasteiger partial charge in [0.25, 0.3) is 0 Å². The van der Waals surface area contributed by atoms with E-state index in [4.69, 9.17) is 14.9 Å². The van der Waals surface area contributed by atoms with Gasteiger partial charge in [-0.05, 0) is 44.9 Å². The van der Waals surface area contributed by atoms with Crippen LogP contribution in [0.1, 0.15) is 26.7 Å². The van der Waals surface area contributed by atoms with Crippen molar-refractivity contribution in [2.24, 2.45) is 0 Å².